The number of carbonyl (C=O) groups excluding carboxylic acids is 1. The molecule has 2 aromatic carbocycles. The normalized spacial score (nSPS) is 30.5. The Kier molecular flexibility index (Phi) is 4.84. The van der Waals surface area contributed by atoms with Gasteiger partial charge in [0.15, 0.2) is 0 Å². The molecule has 3 aliphatic rings. The van der Waals surface area contributed by atoms with Gasteiger partial charge in [-0.25, -0.2) is 0 Å². The van der Waals surface area contributed by atoms with Crippen LogP contribution in [-0.4, -0.2) is 67.1 Å². The third-order valence-electron chi connectivity index (χ3n) is 6.10. The highest BCUT2D eigenvalue weighted by molar-refractivity contribution is 6.02. The summed E-state index contributed by atoms with van der Waals surface area (Å²) in [6.07, 6.45) is 0. The van der Waals surface area contributed by atoms with E-state index in [4.69, 9.17) is 18.9 Å². The molecule has 0 N–H and O–H groups in total. The average Bonchev–Trinajstić information content (AvgIpc) is 3.71. The van der Waals surface area contributed by atoms with Crippen molar-refractivity contribution in [3.05, 3.63) is 54.1 Å². The maximum atomic E-state index is 13.9. The van der Waals surface area contributed by atoms with E-state index >= 15 is 0 Å². The Morgan fingerprint density at radius 3 is 2.00 bits per heavy atom. The van der Waals surface area contributed by atoms with Crippen molar-refractivity contribution in [2.24, 2.45) is 0 Å². The topological polar surface area (TPSA) is 67.1 Å². The van der Waals surface area contributed by atoms with Crippen molar-refractivity contribution in [2.75, 3.05) is 39.5 Å². The van der Waals surface area contributed by atoms with Crippen LogP contribution in [0.5, 0.6) is 5.75 Å². The van der Waals surface area contributed by atoms with Crippen molar-refractivity contribution in [3.8, 4) is 16.9 Å². The van der Waals surface area contributed by atoms with E-state index in [1.807, 2.05) is 74.2 Å². The van der Waals surface area contributed by atoms with Crippen LogP contribution in [0.3, 0.4) is 0 Å². The SMILES string of the molecule is CC1(COc2cccc(C(=O)N(CC3(C)CO3)CC3(C)CO3)c2-c2ccccc2)CO1. The lowest BCUT2D eigenvalue weighted by Gasteiger charge is -2.28. The number of ether oxygens (including phenoxy) is 4. The van der Waals surface area contributed by atoms with Gasteiger partial charge >= 0.3 is 0 Å². The van der Waals surface area contributed by atoms with E-state index < -0.39 is 0 Å². The van der Waals surface area contributed by atoms with Gasteiger partial charge in [0.2, 0.25) is 0 Å². The Morgan fingerprint density at radius 2 is 1.45 bits per heavy atom. The smallest absolute Gasteiger partial charge is 0.254 e. The highest BCUT2D eigenvalue weighted by Crippen LogP contribution is 2.38. The van der Waals surface area contributed by atoms with Gasteiger partial charge in [0.05, 0.1) is 38.5 Å². The van der Waals surface area contributed by atoms with E-state index in [0.717, 1.165) is 11.1 Å². The number of amides is 1. The lowest BCUT2D eigenvalue weighted by Crippen LogP contribution is -2.43. The van der Waals surface area contributed by atoms with E-state index in [1.165, 1.54) is 0 Å². The van der Waals surface area contributed by atoms with Gasteiger partial charge in [-0.05, 0) is 38.5 Å². The number of hydrogen-bond acceptors (Lipinski definition) is 5. The van der Waals surface area contributed by atoms with Crippen LogP contribution in [0.1, 0.15) is 31.1 Å². The fourth-order valence-corrected chi connectivity index (χ4v) is 3.78. The molecule has 3 unspecified atom stereocenters. The zero-order chi connectivity index (χ0) is 21.7. The van der Waals surface area contributed by atoms with Gasteiger partial charge in [-0.15, -0.1) is 0 Å². The number of nitrogens with zero attached hydrogens (tertiary/aromatic N) is 1. The van der Waals surface area contributed by atoms with Crippen LogP contribution >= 0.6 is 0 Å². The van der Waals surface area contributed by atoms with Crippen molar-refractivity contribution >= 4 is 5.91 Å². The fraction of sp³-hybridized carbons (Fsp3) is 0.480. The molecule has 3 aliphatic heterocycles. The maximum absolute atomic E-state index is 13.9. The molecule has 3 heterocycles. The zero-order valence-corrected chi connectivity index (χ0v) is 18.3. The van der Waals surface area contributed by atoms with Crippen LogP contribution in [0.25, 0.3) is 11.1 Å². The summed E-state index contributed by atoms with van der Waals surface area (Å²) in [7, 11) is 0. The number of epoxide rings is 3. The molecule has 3 saturated heterocycles. The maximum Gasteiger partial charge on any atom is 0.254 e. The van der Waals surface area contributed by atoms with Crippen LogP contribution in [-0.2, 0) is 14.2 Å². The first kappa shape index (κ1) is 20.5. The Labute approximate surface area is 183 Å². The number of carbonyl (C=O) groups is 1. The standard InChI is InChI=1S/C25H29NO5/c1-23(15-29-23)12-26(13-24(2)16-30-24)22(27)19-10-7-11-20(28-14-25(3)17-31-25)21(19)18-8-5-4-6-9-18/h4-11H,12-17H2,1-3H3. The van der Waals surface area contributed by atoms with Crippen LogP contribution in [0, 0.1) is 0 Å². The second kappa shape index (κ2) is 7.33. The van der Waals surface area contributed by atoms with Gasteiger partial charge in [-0.2, -0.15) is 0 Å². The van der Waals surface area contributed by atoms with Crippen molar-refractivity contribution in [2.45, 2.75) is 37.6 Å². The van der Waals surface area contributed by atoms with E-state index in [2.05, 4.69) is 0 Å². The Bertz CT molecular complexity index is 957. The molecular formula is C25H29NO5. The van der Waals surface area contributed by atoms with Crippen molar-refractivity contribution in [3.63, 3.8) is 0 Å². The van der Waals surface area contributed by atoms with E-state index in [-0.39, 0.29) is 22.7 Å². The first-order valence-electron chi connectivity index (χ1n) is 10.8. The molecule has 3 atom stereocenters. The predicted molar refractivity (Wildman–Crippen MR) is 116 cm³/mol. The molecule has 0 spiro atoms. The molecule has 2 aromatic rings. The Balaban J connectivity index is 1.50. The molecule has 0 radical (unpaired) electrons. The molecule has 5 rings (SSSR count). The number of hydrogen-bond donors (Lipinski definition) is 0. The fourth-order valence-electron chi connectivity index (χ4n) is 3.78. The molecule has 0 bridgehead atoms. The minimum Gasteiger partial charge on any atom is -0.490 e. The highest BCUT2D eigenvalue weighted by atomic mass is 16.6. The monoisotopic (exact) mass is 423 g/mol. The van der Waals surface area contributed by atoms with Crippen molar-refractivity contribution < 1.29 is 23.7 Å². The van der Waals surface area contributed by atoms with Gasteiger partial charge in [0, 0.05) is 5.56 Å². The summed E-state index contributed by atoms with van der Waals surface area (Å²) >= 11 is 0. The Morgan fingerprint density at radius 1 is 0.871 bits per heavy atom. The lowest BCUT2D eigenvalue weighted by molar-refractivity contribution is 0.0664. The summed E-state index contributed by atoms with van der Waals surface area (Å²) in [5.41, 5.74) is 1.59. The van der Waals surface area contributed by atoms with Crippen LogP contribution in [0.15, 0.2) is 48.5 Å². The first-order valence-corrected chi connectivity index (χ1v) is 10.8. The third kappa shape index (κ3) is 4.61. The Hall–Kier alpha value is -2.41. The van der Waals surface area contributed by atoms with Crippen molar-refractivity contribution in [1.29, 1.82) is 0 Å². The second-order valence-electron chi connectivity index (χ2n) is 9.71. The van der Waals surface area contributed by atoms with E-state index in [1.54, 1.807) is 0 Å². The van der Waals surface area contributed by atoms with E-state index in [0.29, 0.717) is 50.8 Å². The van der Waals surface area contributed by atoms with E-state index in [9.17, 15) is 4.79 Å². The van der Waals surface area contributed by atoms with Crippen molar-refractivity contribution in [1.82, 2.24) is 4.90 Å². The molecule has 0 saturated carbocycles. The van der Waals surface area contributed by atoms with Crippen LogP contribution < -0.4 is 4.74 Å². The van der Waals surface area contributed by atoms with Crippen LogP contribution in [0.4, 0.5) is 0 Å². The minimum atomic E-state index is -0.278. The zero-order valence-electron chi connectivity index (χ0n) is 18.3. The molecule has 31 heavy (non-hydrogen) atoms. The molecule has 6 heteroatoms. The summed E-state index contributed by atoms with van der Waals surface area (Å²) in [4.78, 5) is 15.7. The molecule has 1 amide bonds. The summed E-state index contributed by atoms with van der Waals surface area (Å²) in [5.74, 6) is 0.656. The third-order valence-corrected chi connectivity index (χ3v) is 6.10. The first-order chi connectivity index (χ1) is 14.8. The lowest BCUT2D eigenvalue weighted by atomic mass is 9.96. The molecule has 6 nitrogen and oxygen atoms in total. The minimum absolute atomic E-state index is 0.0355. The average molecular weight is 424 g/mol. The van der Waals surface area contributed by atoms with Gasteiger partial charge in [0.1, 0.15) is 29.2 Å². The van der Waals surface area contributed by atoms with Gasteiger partial charge in [-0.3, -0.25) is 4.79 Å². The van der Waals surface area contributed by atoms with Gasteiger partial charge in [-0.1, -0.05) is 36.4 Å². The molecule has 3 fully saturated rings. The second-order valence-corrected chi connectivity index (χ2v) is 9.71. The number of benzene rings is 2. The van der Waals surface area contributed by atoms with Crippen LogP contribution in [0.2, 0.25) is 0 Å². The largest absolute Gasteiger partial charge is 0.490 e. The number of rotatable bonds is 9. The molecule has 0 aliphatic carbocycles. The van der Waals surface area contributed by atoms with Gasteiger partial charge in [0.25, 0.3) is 5.91 Å². The predicted octanol–water partition coefficient (Wildman–Crippen LogP) is 3.54. The molecular weight excluding hydrogens is 394 g/mol. The van der Waals surface area contributed by atoms with Gasteiger partial charge < -0.3 is 23.8 Å². The molecule has 0 aromatic heterocycles. The highest BCUT2D eigenvalue weighted by Gasteiger charge is 2.47. The molecule has 164 valence electrons. The quantitative estimate of drug-likeness (QED) is 0.577. The summed E-state index contributed by atoms with van der Waals surface area (Å²) in [6, 6.07) is 15.6. The summed E-state index contributed by atoms with van der Waals surface area (Å²) in [6.45, 7) is 9.66. The summed E-state index contributed by atoms with van der Waals surface area (Å²) < 4.78 is 22.8. The summed E-state index contributed by atoms with van der Waals surface area (Å²) in [5, 5.41) is 0.